The van der Waals surface area contributed by atoms with Crippen molar-refractivity contribution in [3.63, 3.8) is 0 Å². The summed E-state index contributed by atoms with van der Waals surface area (Å²) in [7, 11) is 1.57. The zero-order valence-electron chi connectivity index (χ0n) is 16.6. The normalized spacial score (nSPS) is 18.2. The van der Waals surface area contributed by atoms with Crippen LogP contribution in [0, 0.1) is 0 Å². The van der Waals surface area contributed by atoms with Crippen LogP contribution in [0.2, 0.25) is 0 Å². The van der Waals surface area contributed by atoms with Gasteiger partial charge in [-0.05, 0) is 36.2 Å². The van der Waals surface area contributed by atoms with Gasteiger partial charge < -0.3 is 9.64 Å². The second-order valence-corrected chi connectivity index (χ2v) is 7.40. The van der Waals surface area contributed by atoms with Crippen molar-refractivity contribution in [2.75, 3.05) is 7.11 Å². The molecule has 1 fully saturated rings. The van der Waals surface area contributed by atoms with Crippen LogP contribution in [0.25, 0.3) is 16.9 Å². The van der Waals surface area contributed by atoms with E-state index in [4.69, 9.17) is 4.74 Å². The Kier molecular flexibility index (Phi) is 4.46. The fourth-order valence-corrected chi connectivity index (χ4v) is 3.90. The third kappa shape index (κ3) is 3.31. The molecule has 0 radical (unpaired) electrons. The number of amides is 3. The highest BCUT2D eigenvalue weighted by Crippen LogP contribution is 2.29. The maximum Gasteiger partial charge on any atom is 0.255 e. The molecule has 10 heteroatoms. The predicted octanol–water partition coefficient (Wildman–Crippen LogP) is 1.10. The first kappa shape index (κ1) is 18.9. The van der Waals surface area contributed by atoms with Crippen LogP contribution in [0.4, 0.5) is 0 Å². The van der Waals surface area contributed by atoms with E-state index in [9.17, 15) is 14.4 Å². The Labute approximate surface area is 176 Å². The zero-order chi connectivity index (χ0) is 21.5. The minimum absolute atomic E-state index is 0.210. The number of hydrogen-bond acceptors (Lipinski definition) is 7. The fraction of sp³-hybridized carbons (Fsp3) is 0.238. The molecule has 2 aliphatic heterocycles. The smallest absolute Gasteiger partial charge is 0.255 e. The molecule has 1 atom stereocenters. The van der Waals surface area contributed by atoms with E-state index in [2.05, 4.69) is 20.6 Å². The standard InChI is InChI=1S/C21H18N6O4/c1-31-15-7-12(8-22-9-15)17-11-27(25-24-17)14-2-3-16-13(6-14)10-26(21(16)30)18-4-5-19(28)23-20(18)29/h2-3,6-9,11,18H,4-5,10H2,1H3,(H,23,28,29). The number of nitrogens with one attached hydrogen (secondary N) is 1. The van der Waals surface area contributed by atoms with E-state index in [0.29, 0.717) is 30.0 Å². The van der Waals surface area contributed by atoms with Gasteiger partial charge in [0.15, 0.2) is 0 Å². The van der Waals surface area contributed by atoms with E-state index in [1.54, 1.807) is 42.5 Å². The second-order valence-electron chi connectivity index (χ2n) is 7.40. The summed E-state index contributed by atoms with van der Waals surface area (Å²) in [4.78, 5) is 42.1. The number of ether oxygens (including phenoxy) is 1. The summed E-state index contributed by atoms with van der Waals surface area (Å²) in [5.41, 5.74) is 3.49. The van der Waals surface area contributed by atoms with Crippen molar-refractivity contribution < 1.29 is 19.1 Å². The summed E-state index contributed by atoms with van der Waals surface area (Å²) >= 11 is 0. The lowest BCUT2D eigenvalue weighted by Crippen LogP contribution is -2.52. The molecule has 1 saturated heterocycles. The summed E-state index contributed by atoms with van der Waals surface area (Å²) in [5, 5.41) is 10.7. The van der Waals surface area contributed by atoms with Gasteiger partial charge in [0.05, 0.1) is 25.2 Å². The van der Waals surface area contributed by atoms with Gasteiger partial charge in [-0.3, -0.25) is 24.7 Å². The molecule has 2 aromatic heterocycles. The molecule has 3 aromatic rings. The van der Waals surface area contributed by atoms with Crippen LogP contribution in [0.5, 0.6) is 5.75 Å². The molecule has 10 nitrogen and oxygen atoms in total. The van der Waals surface area contributed by atoms with Gasteiger partial charge in [0.1, 0.15) is 17.5 Å². The van der Waals surface area contributed by atoms with Gasteiger partial charge in [-0.1, -0.05) is 5.21 Å². The highest BCUT2D eigenvalue weighted by Gasteiger charge is 2.39. The van der Waals surface area contributed by atoms with Crippen molar-refractivity contribution in [1.29, 1.82) is 0 Å². The number of fused-ring (bicyclic) bond motifs is 1. The lowest BCUT2D eigenvalue weighted by molar-refractivity contribution is -0.136. The second kappa shape index (κ2) is 7.31. The maximum absolute atomic E-state index is 12.8. The predicted molar refractivity (Wildman–Crippen MR) is 107 cm³/mol. The lowest BCUT2D eigenvalue weighted by atomic mass is 10.0. The van der Waals surface area contributed by atoms with Crippen LogP contribution < -0.4 is 10.1 Å². The molecule has 0 saturated carbocycles. The number of pyridine rings is 1. The van der Waals surface area contributed by atoms with Crippen LogP contribution >= 0.6 is 0 Å². The molecule has 156 valence electrons. The highest BCUT2D eigenvalue weighted by molar-refractivity contribution is 6.05. The Morgan fingerprint density at radius 1 is 1.16 bits per heavy atom. The van der Waals surface area contributed by atoms with E-state index in [1.165, 1.54) is 4.90 Å². The minimum atomic E-state index is -0.639. The number of aromatic nitrogens is 4. The van der Waals surface area contributed by atoms with E-state index >= 15 is 0 Å². The van der Waals surface area contributed by atoms with Crippen LogP contribution in [-0.4, -0.2) is 55.8 Å². The van der Waals surface area contributed by atoms with Crippen LogP contribution in [0.3, 0.4) is 0 Å². The van der Waals surface area contributed by atoms with Crippen molar-refractivity contribution in [2.24, 2.45) is 0 Å². The summed E-state index contributed by atoms with van der Waals surface area (Å²) in [6.07, 6.45) is 5.61. The topological polar surface area (TPSA) is 119 Å². The Morgan fingerprint density at radius 2 is 2.03 bits per heavy atom. The number of nitrogens with zero attached hydrogens (tertiary/aromatic N) is 5. The molecule has 3 amide bonds. The molecule has 0 spiro atoms. The first-order valence-electron chi connectivity index (χ1n) is 9.73. The average Bonchev–Trinajstić information content (AvgIpc) is 3.39. The summed E-state index contributed by atoms with van der Waals surface area (Å²) in [5.74, 6) is -0.319. The first-order chi connectivity index (χ1) is 15.0. The third-order valence-corrected chi connectivity index (χ3v) is 5.51. The molecule has 31 heavy (non-hydrogen) atoms. The molecular formula is C21H18N6O4. The van der Waals surface area contributed by atoms with Gasteiger partial charge in [-0.25, -0.2) is 4.68 Å². The van der Waals surface area contributed by atoms with Crippen molar-refractivity contribution in [3.8, 4) is 22.7 Å². The number of carbonyl (C=O) groups excluding carboxylic acids is 3. The quantitative estimate of drug-likeness (QED) is 0.630. The Balaban J connectivity index is 1.40. The monoisotopic (exact) mass is 418 g/mol. The molecule has 0 bridgehead atoms. The fourth-order valence-electron chi connectivity index (χ4n) is 3.90. The first-order valence-corrected chi connectivity index (χ1v) is 9.73. The number of benzene rings is 1. The summed E-state index contributed by atoms with van der Waals surface area (Å²) < 4.78 is 6.82. The number of piperidine rings is 1. The highest BCUT2D eigenvalue weighted by atomic mass is 16.5. The number of imide groups is 1. The Hall–Kier alpha value is -4.08. The van der Waals surface area contributed by atoms with Crippen molar-refractivity contribution in [2.45, 2.75) is 25.4 Å². The summed E-state index contributed by atoms with van der Waals surface area (Å²) in [6, 6.07) is 6.56. The van der Waals surface area contributed by atoms with Crippen molar-refractivity contribution in [3.05, 3.63) is 54.0 Å². The van der Waals surface area contributed by atoms with Gasteiger partial charge >= 0.3 is 0 Å². The molecule has 5 rings (SSSR count). The molecular weight excluding hydrogens is 400 g/mol. The molecule has 1 aromatic carbocycles. The van der Waals surface area contributed by atoms with E-state index in [-0.39, 0.29) is 18.2 Å². The largest absolute Gasteiger partial charge is 0.495 e. The van der Waals surface area contributed by atoms with Crippen molar-refractivity contribution >= 4 is 17.7 Å². The Bertz CT molecular complexity index is 1220. The SMILES string of the molecule is COc1cncc(-c2cn(-c3ccc4c(c3)CN(C3CCC(=O)NC3=O)C4=O)nn2)c1. The zero-order valence-corrected chi connectivity index (χ0v) is 16.6. The van der Waals surface area contributed by atoms with Crippen LogP contribution in [-0.2, 0) is 16.1 Å². The van der Waals surface area contributed by atoms with E-state index in [1.807, 2.05) is 12.1 Å². The minimum Gasteiger partial charge on any atom is -0.495 e. The maximum atomic E-state index is 12.8. The molecule has 1 unspecified atom stereocenters. The van der Waals surface area contributed by atoms with Crippen molar-refractivity contribution in [1.82, 2.24) is 30.2 Å². The number of hydrogen-bond donors (Lipinski definition) is 1. The van der Waals surface area contributed by atoms with Gasteiger partial charge in [0, 0.05) is 30.3 Å². The lowest BCUT2D eigenvalue weighted by Gasteiger charge is -2.29. The van der Waals surface area contributed by atoms with Gasteiger partial charge in [0.2, 0.25) is 11.8 Å². The van der Waals surface area contributed by atoms with Gasteiger partial charge in [0.25, 0.3) is 5.91 Å². The van der Waals surface area contributed by atoms with E-state index < -0.39 is 11.9 Å². The van der Waals surface area contributed by atoms with Gasteiger partial charge in [-0.15, -0.1) is 5.10 Å². The molecule has 1 N–H and O–H groups in total. The third-order valence-electron chi connectivity index (χ3n) is 5.51. The summed E-state index contributed by atoms with van der Waals surface area (Å²) in [6.45, 7) is 0.301. The molecule has 0 aliphatic carbocycles. The van der Waals surface area contributed by atoms with E-state index in [0.717, 1.165) is 16.8 Å². The number of methoxy groups -OCH3 is 1. The number of carbonyl (C=O) groups is 3. The molecule has 2 aliphatic rings. The van der Waals surface area contributed by atoms with Crippen LogP contribution in [0.1, 0.15) is 28.8 Å². The average molecular weight is 418 g/mol. The molecule has 4 heterocycles. The number of rotatable bonds is 4. The van der Waals surface area contributed by atoms with Gasteiger partial charge in [-0.2, -0.15) is 0 Å². The van der Waals surface area contributed by atoms with Crippen LogP contribution in [0.15, 0.2) is 42.9 Å². The Morgan fingerprint density at radius 3 is 2.84 bits per heavy atom.